The third-order valence-corrected chi connectivity index (χ3v) is 3.03. The quantitative estimate of drug-likeness (QED) is 0.672. The number of thiocarbonyl (C=S) groups is 1. The van der Waals surface area contributed by atoms with Crippen LogP contribution in [0.2, 0.25) is 0 Å². The molecule has 4 nitrogen and oxygen atoms in total. The van der Waals surface area contributed by atoms with Gasteiger partial charge in [-0.1, -0.05) is 36.4 Å². The van der Waals surface area contributed by atoms with Gasteiger partial charge in [0.25, 0.3) is 0 Å². The first-order valence-corrected chi connectivity index (χ1v) is 7.08. The van der Waals surface area contributed by atoms with E-state index in [-0.39, 0.29) is 11.0 Å². The minimum absolute atomic E-state index is 0.251. The lowest BCUT2D eigenvalue weighted by molar-refractivity contribution is -0.115. The van der Waals surface area contributed by atoms with Crippen molar-refractivity contribution in [3.8, 4) is 5.75 Å². The van der Waals surface area contributed by atoms with Crippen molar-refractivity contribution in [1.29, 1.82) is 0 Å². The van der Waals surface area contributed by atoms with E-state index >= 15 is 0 Å². The fourth-order valence-corrected chi connectivity index (χ4v) is 2.03. The molecule has 0 aliphatic heterocycles. The van der Waals surface area contributed by atoms with E-state index in [4.69, 9.17) is 17.0 Å². The molecule has 0 aliphatic rings. The summed E-state index contributed by atoms with van der Waals surface area (Å²) in [7, 11) is 1.59. The molecule has 2 aromatic rings. The predicted octanol–water partition coefficient (Wildman–Crippen LogP) is 3.22. The molecule has 0 saturated heterocycles. The Balaban J connectivity index is 1.92. The molecule has 22 heavy (non-hydrogen) atoms. The zero-order valence-corrected chi connectivity index (χ0v) is 12.9. The van der Waals surface area contributed by atoms with E-state index in [1.54, 1.807) is 13.2 Å². The Kier molecular flexibility index (Phi) is 5.68. The van der Waals surface area contributed by atoms with Gasteiger partial charge in [0.05, 0.1) is 7.11 Å². The van der Waals surface area contributed by atoms with Crippen LogP contribution < -0.4 is 15.4 Å². The zero-order chi connectivity index (χ0) is 15.8. The molecule has 0 fully saturated rings. The molecule has 0 radical (unpaired) electrons. The summed E-state index contributed by atoms with van der Waals surface area (Å²) in [4.78, 5) is 11.9. The Morgan fingerprint density at radius 1 is 1.09 bits per heavy atom. The van der Waals surface area contributed by atoms with Crippen molar-refractivity contribution in [2.24, 2.45) is 0 Å². The number of para-hydroxylation sites is 2. The number of carbonyl (C=O) groups excluding carboxylic acids is 1. The molecular formula is C17H16N2O2S. The molecule has 0 atom stereocenters. The van der Waals surface area contributed by atoms with Crippen LogP contribution in [0, 0.1) is 0 Å². The standard InChI is InChI=1S/C17H16N2O2S/c1-21-15-10-6-5-7-13(15)11-12-16(20)19-17(22)18-14-8-3-2-4-9-14/h2-12H,1H3,(H2,18,19,20,22)/b12-11+. The molecule has 0 unspecified atom stereocenters. The van der Waals surface area contributed by atoms with Crippen LogP contribution >= 0.6 is 12.2 Å². The minimum Gasteiger partial charge on any atom is -0.496 e. The van der Waals surface area contributed by atoms with Crippen LogP contribution in [0.5, 0.6) is 5.75 Å². The zero-order valence-electron chi connectivity index (χ0n) is 12.1. The van der Waals surface area contributed by atoms with Gasteiger partial charge < -0.3 is 10.1 Å². The highest BCUT2D eigenvalue weighted by molar-refractivity contribution is 7.80. The number of carbonyl (C=O) groups is 1. The van der Waals surface area contributed by atoms with Crippen LogP contribution in [0.4, 0.5) is 5.69 Å². The fourth-order valence-electron chi connectivity index (χ4n) is 1.81. The molecule has 112 valence electrons. The molecule has 2 aromatic carbocycles. The van der Waals surface area contributed by atoms with Crippen molar-refractivity contribution in [3.05, 3.63) is 66.2 Å². The third-order valence-electron chi connectivity index (χ3n) is 2.82. The maximum atomic E-state index is 11.9. The first kappa shape index (κ1) is 15.7. The summed E-state index contributed by atoms with van der Waals surface area (Å²) in [6, 6.07) is 16.8. The summed E-state index contributed by atoms with van der Waals surface area (Å²) in [5, 5.41) is 5.78. The first-order chi connectivity index (χ1) is 10.7. The first-order valence-electron chi connectivity index (χ1n) is 6.67. The molecule has 0 aromatic heterocycles. The molecular weight excluding hydrogens is 296 g/mol. The fraction of sp³-hybridized carbons (Fsp3) is 0.0588. The van der Waals surface area contributed by atoms with Crippen LogP contribution in [-0.4, -0.2) is 18.1 Å². The lowest BCUT2D eigenvalue weighted by Crippen LogP contribution is -2.32. The van der Waals surface area contributed by atoms with E-state index in [0.717, 1.165) is 11.3 Å². The summed E-state index contributed by atoms with van der Waals surface area (Å²) < 4.78 is 5.22. The van der Waals surface area contributed by atoms with Gasteiger partial charge >= 0.3 is 0 Å². The SMILES string of the molecule is COc1ccccc1/C=C/C(=O)NC(=S)Nc1ccccc1. The number of ether oxygens (including phenoxy) is 1. The van der Waals surface area contributed by atoms with Crippen LogP contribution in [0.3, 0.4) is 0 Å². The number of amides is 1. The number of benzene rings is 2. The summed E-state index contributed by atoms with van der Waals surface area (Å²) >= 11 is 5.09. The van der Waals surface area contributed by atoms with Gasteiger partial charge in [0.15, 0.2) is 5.11 Å². The van der Waals surface area contributed by atoms with E-state index in [1.807, 2.05) is 54.6 Å². The number of hydrogen-bond donors (Lipinski definition) is 2. The van der Waals surface area contributed by atoms with Crippen molar-refractivity contribution in [3.63, 3.8) is 0 Å². The molecule has 5 heteroatoms. The van der Waals surface area contributed by atoms with Crippen LogP contribution in [0.15, 0.2) is 60.7 Å². The summed E-state index contributed by atoms with van der Waals surface area (Å²) in [6.45, 7) is 0. The van der Waals surface area contributed by atoms with E-state index in [9.17, 15) is 4.79 Å². The topological polar surface area (TPSA) is 50.4 Å². The van der Waals surface area contributed by atoms with Crippen molar-refractivity contribution in [2.45, 2.75) is 0 Å². The molecule has 2 N–H and O–H groups in total. The Bertz CT molecular complexity index is 684. The molecule has 0 bridgehead atoms. The monoisotopic (exact) mass is 312 g/mol. The van der Waals surface area contributed by atoms with Crippen LogP contribution in [0.1, 0.15) is 5.56 Å². The second-order valence-corrected chi connectivity index (χ2v) is 4.79. The van der Waals surface area contributed by atoms with Crippen molar-refractivity contribution in [2.75, 3.05) is 12.4 Å². The maximum absolute atomic E-state index is 11.9. The molecule has 2 rings (SSSR count). The number of anilines is 1. The van der Waals surface area contributed by atoms with Gasteiger partial charge in [-0.3, -0.25) is 10.1 Å². The predicted molar refractivity (Wildman–Crippen MR) is 92.8 cm³/mol. The molecule has 1 amide bonds. The minimum atomic E-state index is -0.306. The van der Waals surface area contributed by atoms with E-state index in [0.29, 0.717) is 5.75 Å². The highest BCUT2D eigenvalue weighted by Crippen LogP contribution is 2.18. The second kappa shape index (κ2) is 7.95. The Hall–Kier alpha value is -2.66. The molecule has 0 saturated carbocycles. The second-order valence-electron chi connectivity index (χ2n) is 4.38. The van der Waals surface area contributed by atoms with Crippen molar-refractivity contribution in [1.82, 2.24) is 5.32 Å². The van der Waals surface area contributed by atoms with Crippen molar-refractivity contribution >= 4 is 35.0 Å². The third kappa shape index (κ3) is 4.71. The maximum Gasteiger partial charge on any atom is 0.250 e. The van der Waals surface area contributed by atoms with E-state index in [1.165, 1.54) is 6.08 Å². The number of nitrogens with one attached hydrogen (secondary N) is 2. The van der Waals surface area contributed by atoms with Gasteiger partial charge in [0.2, 0.25) is 5.91 Å². The Morgan fingerprint density at radius 2 is 1.77 bits per heavy atom. The molecule has 0 aliphatic carbocycles. The smallest absolute Gasteiger partial charge is 0.250 e. The summed E-state index contributed by atoms with van der Waals surface area (Å²) in [5.74, 6) is 0.399. The average Bonchev–Trinajstić information content (AvgIpc) is 2.54. The average molecular weight is 312 g/mol. The van der Waals surface area contributed by atoms with E-state index in [2.05, 4.69) is 10.6 Å². The number of hydrogen-bond acceptors (Lipinski definition) is 3. The molecule has 0 spiro atoms. The van der Waals surface area contributed by atoms with Gasteiger partial charge in [-0.15, -0.1) is 0 Å². The Morgan fingerprint density at radius 3 is 2.50 bits per heavy atom. The highest BCUT2D eigenvalue weighted by atomic mass is 32.1. The van der Waals surface area contributed by atoms with Gasteiger partial charge in [-0.2, -0.15) is 0 Å². The van der Waals surface area contributed by atoms with E-state index < -0.39 is 0 Å². The van der Waals surface area contributed by atoms with Gasteiger partial charge in [-0.25, -0.2) is 0 Å². The summed E-state index contributed by atoms with van der Waals surface area (Å²) in [5.41, 5.74) is 1.64. The largest absolute Gasteiger partial charge is 0.496 e. The highest BCUT2D eigenvalue weighted by Gasteiger charge is 2.02. The normalized spacial score (nSPS) is 10.2. The number of methoxy groups -OCH3 is 1. The van der Waals surface area contributed by atoms with Crippen molar-refractivity contribution < 1.29 is 9.53 Å². The number of rotatable bonds is 4. The van der Waals surface area contributed by atoms with Crippen LogP contribution in [0.25, 0.3) is 6.08 Å². The lowest BCUT2D eigenvalue weighted by atomic mass is 10.2. The van der Waals surface area contributed by atoms with Gasteiger partial charge in [-0.05, 0) is 36.5 Å². The molecule has 0 heterocycles. The summed E-state index contributed by atoms with van der Waals surface area (Å²) in [6.07, 6.45) is 3.09. The lowest BCUT2D eigenvalue weighted by Gasteiger charge is -2.07. The Labute approximate surface area is 134 Å². The van der Waals surface area contributed by atoms with Gasteiger partial charge in [0.1, 0.15) is 5.75 Å². The van der Waals surface area contributed by atoms with Gasteiger partial charge in [0, 0.05) is 17.3 Å². The van der Waals surface area contributed by atoms with Crippen LogP contribution in [-0.2, 0) is 4.79 Å².